The zero-order valence-corrected chi connectivity index (χ0v) is 12.2. The summed E-state index contributed by atoms with van der Waals surface area (Å²) in [5.41, 5.74) is 0.442. The van der Waals surface area contributed by atoms with Gasteiger partial charge in [0.15, 0.2) is 5.11 Å². The summed E-state index contributed by atoms with van der Waals surface area (Å²) in [5, 5.41) is 6.69. The molecule has 1 aliphatic rings. The van der Waals surface area contributed by atoms with Crippen molar-refractivity contribution in [2.45, 2.75) is 38.1 Å². The summed E-state index contributed by atoms with van der Waals surface area (Å²) in [5.74, 6) is -0.265. The van der Waals surface area contributed by atoms with Crippen LogP contribution < -0.4 is 10.6 Å². The molecule has 1 aromatic carbocycles. The molecule has 0 radical (unpaired) electrons. The largest absolute Gasteiger partial charge is 0.360 e. The molecule has 1 amide bonds. The second kappa shape index (κ2) is 6.87. The van der Waals surface area contributed by atoms with Gasteiger partial charge in [0, 0.05) is 6.04 Å². The fourth-order valence-electron chi connectivity index (χ4n) is 2.28. The average molecular weight is 297 g/mol. The quantitative estimate of drug-likeness (QED) is 0.823. The highest BCUT2D eigenvalue weighted by molar-refractivity contribution is 7.80. The van der Waals surface area contributed by atoms with Crippen LogP contribution in [0.2, 0.25) is 5.02 Å². The van der Waals surface area contributed by atoms with E-state index in [9.17, 15) is 4.79 Å². The summed E-state index contributed by atoms with van der Waals surface area (Å²) in [6.07, 6.45) is 5.96. The molecule has 5 heteroatoms. The summed E-state index contributed by atoms with van der Waals surface area (Å²) in [6, 6.07) is 7.32. The standard InChI is InChI=1S/C14H17ClN2OS/c15-12-9-5-4-8-11(12)13(18)17-14(19)16-10-6-2-1-3-7-10/h4-5,8-10H,1-3,6-7H2,(H2,16,17,18,19). The molecule has 0 atom stereocenters. The van der Waals surface area contributed by atoms with E-state index in [1.807, 2.05) is 0 Å². The van der Waals surface area contributed by atoms with E-state index in [1.165, 1.54) is 19.3 Å². The highest BCUT2D eigenvalue weighted by atomic mass is 35.5. The highest BCUT2D eigenvalue weighted by Crippen LogP contribution is 2.17. The third-order valence-corrected chi connectivity index (χ3v) is 3.84. The van der Waals surface area contributed by atoms with Gasteiger partial charge < -0.3 is 5.32 Å². The third kappa shape index (κ3) is 4.18. The molecular weight excluding hydrogens is 280 g/mol. The zero-order chi connectivity index (χ0) is 13.7. The highest BCUT2D eigenvalue weighted by Gasteiger charge is 2.16. The lowest BCUT2D eigenvalue weighted by Gasteiger charge is -2.24. The van der Waals surface area contributed by atoms with Crippen LogP contribution in [0.3, 0.4) is 0 Å². The summed E-state index contributed by atoms with van der Waals surface area (Å²) in [4.78, 5) is 12.0. The first kappa shape index (κ1) is 14.3. The number of hydrogen-bond donors (Lipinski definition) is 2. The van der Waals surface area contributed by atoms with Gasteiger partial charge in [-0.1, -0.05) is 43.0 Å². The van der Waals surface area contributed by atoms with Gasteiger partial charge >= 0.3 is 0 Å². The van der Waals surface area contributed by atoms with Gasteiger partial charge in [-0.25, -0.2) is 0 Å². The van der Waals surface area contributed by atoms with Gasteiger partial charge in [0.25, 0.3) is 5.91 Å². The van der Waals surface area contributed by atoms with Crippen molar-refractivity contribution in [3.8, 4) is 0 Å². The van der Waals surface area contributed by atoms with Gasteiger partial charge in [0.1, 0.15) is 0 Å². The summed E-state index contributed by atoms with van der Waals surface area (Å²) < 4.78 is 0. The van der Waals surface area contributed by atoms with E-state index in [4.69, 9.17) is 23.8 Å². The van der Waals surface area contributed by atoms with Crippen molar-refractivity contribution in [2.24, 2.45) is 0 Å². The Labute approximate surface area is 123 Å². The van der Waals surface area contributed by atoms with E-state index < -0.39 is 0 Å². The predicted octanol–water partition coefficient (Wildman–Crippen LogP) is 3.28. The van der Waals surface area contributed by atoms with Gasteiger partial charge in [-0.3, -0.25) is 10.1 Å². The first-order chi connectivity index (χ1) is 9.16. The molecule has 0 saturated heterocycles. The average Bonchev–Trinajstić information content (AvgIpc) is 2.40. The molecule has 0 unspecified atom stereocenters. The molecule has 2 N–H and O–H groups in total. The number of carbonyl (C=O) groups excluding carboxylic acids is 1. The fourth-order valence-corrected chi connectivity index (χ4v) is 2.77. The Hall–Kier alpha value is -1.13. The molecular formula is C14H17ClN2OS. The molecule has 19 heavy (non-hydrogen) atoms. The Morgan fingerprint density at radius 1 is 1.21 bits per heavy atom. The lowest BCUT2D eigenvalue weighted by atomic mass is 9.96. The topological polar surface area (TPSA) is 41.1 Å². The minimum atomic E-state index is -0.265. The van der Waals surface area contributed by atoms with E-state index in [0.717, 1.165) is 12.8 Å². The second-order valence-corrected chi connectivity index (χ2v) is 5.56. The van der Waals surface area contributed by atoms with Crippen molar-refractivity contribution in [3.63, 3.8) is 0 Å². The van der Waals surface area contributed by atoms with E-state index in [0.29, 0.717) is 21.7 Å². The molecule has 102 valence electrons. The second-order valence-electron chi connectivity index (χ2n) is 4.74. The molecule has 0 aliphatic heterocycles. The Bertz CT molecular complexity index is 472. The normalized spacial score (nSPS) is 15.8. The van der Waals surface area contributed by atoms with Crippen LogP contribution in [0.4, 0.5) is 0 Å². The van der Waals surface area contributed by atoms with Gasteiger partial charge in [-0.2, -0.15) is 0 Å². The number of benzene rings is 1. The van der Waals surface area contributed by atoms with Crippen LogP contribution in [0.1, 0.15) is 42.5 Å². The zero-order valence-electron chi connectivity index (χ0n) is 10.6. The molecule has 0 aromatic heterocycles. The monoisotopic (exact) mass is 296 g/mol. The fraction of sp³-hybridized carbons (Fsp3) is 0.429. The van der Waals surface area contributed by atoms with Crippen LogP contribution in [0.15, 0.2) is 24.3 Å². The predicted molar refractivity (Wildman–Crippen MR) is 81.5 cm³/mol. The Kier molecular flexibility index (Phi) is 5.16. The maximum Gasteiger partial charge on any atom is 0.258 e. The SMILES string of the molecule is O=C(NC(=S)NC1CCCCC1)c1ccccc1Cl. The molecule has 3 nitrogen and oxygen atoms in total. The molecule has 1 fully saturated rings. The maximum absolute atomic E-state index is 12.0. The van der Waals surface area contributed by atoms with Crippen molar-refractivity contribution >= 4 is 34.8 Å². The molecule has 1 aromatic rings. The van der Waals surface area contributed by atoms with Gasteiger partial charge in [-0.15, -0.1) is 0 Å². The van der Waals surface area contributed by atoms with E-state index in [2.05, 4.69) is 10.6 Å². The lowest BCUT2D eigenvalue weighted by molar-refractivity contribution is 0.0976. The van der Waals surface area contributed by atoms with Crippen molar-refractivity contribution in [1.82, 2.24) is 10.6 Å². The molecule has 0 bridgehead atoms. The smallest absolute Gasteiger partial charge is 0.258 e. The number of halogens is 1. The van der Waals surface area contributed by atoms with Crippen molar-refractivity contribution in [2.75, 3.05) is 0 Å². The number of nitrogens with one attached hydrogen (secondary N) is 2. The minimum Gasteiger partial charge on any atom is -0.360 e. The van der Waals surface area contributed by atoms with Crippen LogP contribution >= 0.6 is 23.8 Å². The van der Waals surface area contributed by atoms with Crippen LogP contribution in [-0.2, 0) is 0 Å². The van der Waals surface area contributed by atoms with Crippen LogP contribution in [-0.4, -0.2) is 17.1 Å². The first-order valence-corrected chi connectivity index (χ1v) is 7.32. The lowest BCUT2D eigenvalue weighted by Crippen LogP contribution is -2.45. The molecule has 1 saturated carbocycles. The number of carbonyl (C=O) groups is 1. The van der Waals surface area contributed by atoms with E-state index in [-0.39, 0.29) is 5.91 Å². The molecule has 2 rings (SSSR count). The van der Waals surface area contributed by atoms with Gasteiger partial charge in [0.05, 0.1) is 10.6 Å². The van der Waals surface area contributed by atoms with E-state index >= 15 is 0 Å². The first-order valence-electron chi connectivity index (χ1n) is 6.53. The van der Waals surface area contributed by atoms with E-state index in [1.54, 1.807) is 24.3 Å². The van der Waals surface area contributed by atoms with Gasteiger partial charge in [0.2, 0.25) is 0 Å². The third-order valence-electron chi connectivity index (χ3n) is 3.29. The summed E-state index contributed by atoms with van der Waals surface area (Å²) in [6.45, 7) is 0. The molecule has 0 spiro atoms. The summed E-state index contributed by atoms with van der Waals surface area (Å²) in [7, 11) is 0. The number of hydrogen-bond acceptors (Lipinski definition) is 2. The number of rotatable bonds is 2. The van der Waals surface area contributed by atoms with Crippen molar-refractivity contribution < 1.29 is 4.79 Å². The molecule has 0 heterocycles. The Balaban J connectivity index is 1.88. The Morgan fingerprint density at radius 2 is 1.89 bits per heavy atom. The maximum atomic E-state index is 12.0. The van der Waals surface area contributed by atoms with Gasteiger partial charge in [-0.05, 0) is 37.2 Å². The van der Waals surface area contributed by atoms with Crippen molar-refractivity contribution in [3.05, 3.63) is 34.9 Å². The Morgan fingerprint density at radius 3 is 2.58 bits per heavy atom. The molecule has 1 aliphatic carbocycles. The summed E-state index contributed by atoms with van der Waals surface area (Å²) >= 11 is 11.1. The van der Waals surface area contributed by atoms with Crippen LogP contribution in [0, 0.1) is 0 Å². The van der Waals surface area contributed by atoms with Crippen LogP contribution in [0.5, 0.6) is 0 Å². The van der Waals surface area contributed by atoms with Crippen molar-refractivity contribution in [1.29, 1.82) is 0 Å². The minimum absolute atomic E-state index is 0.265. The number of thiocarbonyl (C=S) groups is 1. The van der Waals surface area contributed by atoms with Crippen LogP contribution in [0.25, 0.3) is 0 Å². The number of amides is 1.